The molecule has 2 N–H and O–H groups in total. The number of likely N-dealkylation sites (N-methyl/N-ethyl adjacent to an activating group) is 1. The second-order valence-electron chi connectivity index (χ2n) is 4.76. The van der Waals surface area contributed by atoms with Crippen LogP contribution in [0.1, 0.15) is 37.6 Å². The minimum Gasteiger partial charge on any atom is -0.351 e. The number of hydrogen-bond donors (Lipinski definition) is 2. The maximum Gasteiger partial charge on any atom is 0.251 e. The third kappa shape index (κ3) is 6.91. The molecule has 6 heteroatoms. The maximum atomic E-state index is 12.0. The number of rotatable bonds is 8. The molecule has 2 amide bonds. The van der Waals surface area contributed by atoms with Gasteiger partial charge in [0.05, 0.1) is 0 Å². The van der Waals surface area contributed by atoms with E-state index in [2.05, 4.69) is 29.4 Å². The second kappa shape index (κ2) is 11.0. The molecular weight excluding hydrogens is 302 g/mol. The molecule has 1 rings (SSSR count). The molecule has 0 atom stereocenters. The third-order valence-corrected chi connectivity index (χ3v) is 3.36. The molecule has 1 aromatic carbocycles. The van der Waals surface area contributed by atoms with Crippen LogP contribution in [0.15, 0.2) is 24.3 Å². The van der Waals surface area contributed by atoms with E-state index in [4.69, 9.17) is 0 Å². The minimum absolute atomic E-state index is 0. The summed E-state index contributed by atoms with van der Waals surface area (Å²) in [6.07, 6.45) is 0.438. The van der Waals surface area contributed by atoms with E-state index >= 15 is 0 Å². The Kier molecular flexibility index (Phi) is 10.2. The third-order valence-electron chi connectivity index (χ3n) is 3.36. The fourth-order valence-corrected chi connectivity index (χ4v) is 1.92. The molecule has 0 aliphatic rings. The van der Waals surface area contributed by atoms with E-state index in [1.807, 2.05) is 0 Å². The van der Waals surface area contributed by atoms with Gasteiger partial charge in [0.15, 0.2) is 0 Å². The van der Waals surface area contributed by atoms with Crippen molar-refractivity contribution in [2.45, 2.75) is 27.2 Å². The molecule has 22 heavy (non-hydrogen) atoms. The van der Waals surface area contributed by atoms with Crippen LogP contribution in [0.5, 0.6) is 0 Å². The van der Waals surface area contributed by atoms with Gasteiger partial charge in [-0.15, -0.1) is 12.4 Å². The van der Waals surface area contributed by atoms with E-state index in [-0.39, 0.29) is 24.2 Å². The molecule has 0 saturated heterocycles. The van der Waals surface area contributed by atoms with Crippen LogP contribution in [0.2, 0.25) is 0 Å². The van der Waals surface area contributed by atoms with Crippen LogP contribution in [0.25, 0.3) is 0 Å². The van der Waals surface area contributed by atoms with Gasteiger partial charge in [-0.1, -0.05) is 20.8 Å². The van der Waals surface area contributed by atoms with Crippen molar-refractivity contribution in [3.05, 3.63) is 29.8 Å². The van der Waals surface area contributed by atoms with Crippen LogP contribution in [-0.2, 0) is 4.79 Å². The Morgan fingerprint density at radius 2 is 1.64 bits per heavy atom. The van der Waals surface area contributed by atoms with Gasteiger partial charge in [-0.05, 0) is 37.4 Å². The summed E-state index contributed by atoms with van der Waals surface area (Å²) in [4.78, 5) is 25.5. The molecule has 0 heterocycles. The Hall–Kier alpha value is -1.59. The average molecular weight is 328 g/mol. The lowest BCUT2D eigenvalue weighted by Gasteiger charge is -2.17. The van der Waals surface area contributed by atoms with Gasteiger partial charge in [0.1, 0.15) is 0 Å². The monoisotopic (exact) mass is 327 g/mol. The van der Waals surface area contributed by atoms with Crippen molar-refractivity contribution >= 4 is 29.9 Å². The van der Waals surface area contributed by atoms with E-state index in [0.717, 1.165) is 19.6 Å². The van der Waals surface area contributed by atoms with Gasteiger partial charge in [-0.3, -0.25) is 9.59 Å². The molecule has 124 valence electrons. The number of carbonyl (C=O) groups is 2. The van der Waals surface area contributed by atoms with Crippen LogP contribution in [0.3, 0.4) is 0 Å². The first-order chi connectivity index (χ1) is 10.1. The van der Waals surface area contributed by atoms with E-state index in [9.17, 15) is 9.59 Å². The fourth-order valence-electron chi connectivity index (χ4n) is 1.92. The highest BCUT2D eigenvalue weighted by Gasteiger charge is 2.06. The lowest BCUT2D eigenvalue weighted by molar-refractivity contribution is -0.115. The Morgan fingerprint density at radius 1 is 1.05 bits per heavy atom. The Bertz CT molecular complexity index is 459. The zero-order valence-electron chi connectivity index (χ0n) is 13.5. The smallest absolute Gasteiger partial charge is 0.251 e. The summed E-state index contributed by atoms with van der Waals surface area (Å²) in [5.74, 6) is -0.123. The normalized spacial score (nSPS) is 10.0. The van der Waals surface area contributed by atoms with Gasteiger partial charge < -0.3 is 15.5 Å². The molecule has 0 aromatic heterocycles. The molecule has 0 fully saturated rings. The average Bonchev–Trinajstić information content (AvgIpc) is 2.52. The molecule has 0 unspecified atom stereocenters. The summed E-state index contributed by atoms with van der Waals surface area (Å²) in [5.41, 5.74) is 1.31. The van der Waals surface area contributed by atoms with E-state index in [1.165, 1.54) is 0 Å². The summed E-state index contributed by atoms with van der Waals surface area (Å²) in [6.45, 7) is 9.46. The largest absolute Gasteiger partial charge is 0.351 e. The Morgan fingerprint density at radius 3 is 2.14 bits per heavy atom. The van der Waals surface area contributed by atoms with Crippen molar-refractivity contribution in [3.63, 3.8) is 0 Å². The van der Waals surface area contributed by atoms with Gasteiger partial charge in [0, 0.05) is 30.8 Å². The van der Waals surface area contributed by atoms with Crippen LogP contribution in [0, 0.1) is 0 Å². The zero-order chi connectivity index (χ0) is 15.7. The highest BCUT2D eigenvalue weighted by atomic mass is 35.5. The summed E-state index contributed by atoms with van der Waals surface area (Å²) in [5, 5.41) is 5.66. The topological polar surface area (TPSA) is 61.4 Å². The number of nitrogens with one attached hydrogen (secondary N) is 2. The van der Waals surface area contributed by atoms with Crippen LogP contribution < -0.4 is 10.6 Å². The lowest BCUT2D eigenvalue weighted by atomic mass is 10.2. The van der Waals surface area contributed by atoms with E-state index in [0.29, 0.717) is 24.2 Å². The summed E-state index contributed by atoms with van der Waals surface area (Å²) >= 11 is 0. The number of benzene rings is 1. The van der Waals surface area contributed by atoms with Crippen molar-refractivity contribution in [2.75, 3.05) is 31.5 Å². The van der Waals surface area contributed by atoms with Gasteiger partial charge >= 0.3 is 0 Å². The van der Waals surface area contributed by atoms with Crippen molar-refractivity contribution < 1.29 is 9.59 Å². The lowest BCUT2D eigenvalue weighted by Crippen LogP contribution is -2.34. The first-order valence-electron chi connectivity index (χ1n) is 7.51. The SMILES string of the molecule is CCC(=O)Nc1ccc(C(=O)NCCN(CC)CC)cc1.Cl. The van der Waals surface area contributed by atoms with Crippen molar-refractivity contribution in [3.8, 4) is 0 Å². The van der Waals surface area contributed by atoms with Gasteiger partial charge in [0.25, 0.3) is 5.91 Å². The molecular formula is C16H26ClN3O2. The predicted octanol–water partition coefficient (Wildman–Crippen LogP) is 2.53. The molecule has 5 nitrogen and oxygen atoms in total. The Labute approximate surface area is 138 Å². The first kappa shape index (κ1) is 20.4. The van der Waals surface area contributed by atoms with Gasteiger partial charge in [0.2, 0.25) is 5.91 Å². The van der Waals surface area contributed by atoms with Gasteiger partial charge in [-0.25, -0.2) is 0 Å². The maximum absolute atomic E-state index is 12.0. The number of carbonyl (C=O) groups excluding carboxylic acids is 2. The highest BCUT2D eigenvalue weighted by molar-refractivity contribution is 5.95. The molecule has 0 bridgehead atoms. The van der Waals surface area contributed by atoms with Crippen molar-refractivity contribution in [1.29, 1.82) is 0 Å². The predicted molar refractivity (Wildman–Crippen MR) is 92.7 cm³/mol. The second-order valence-corrected chi connectivity index (χ2v) is 4.76. The van der Waals surface area contributed by atoms with Crippen LogP contribution in [-0.4, -0.2) is 42.9 Å². The number of anilines is 1. The summed E-state index contributed by atoms with van der Waals surface area (Å²) in [6, 6.07) is 6.93. The number of halogens is 1. The summed E-state index contributed by atoms with van der Waals surface area (Å²) in [7, 11) is 0. The fraction of sp³-hybridized carbons (Fsp3) is 0.500. The molecule has 0 spiro atoms. The molecule has 0 aliphatic heterocycles. The van der Waals surface area contributed by atoms with E-state index < -0.39 is 0 Å². The number of hydrogen-bond acceptors (Lipinski definition) is 3. The first-order valence-corrected chi connectivity index (χ1v) is 7.51. The van der Waals surface area contributed by atoms with Crippen LogP contribution >= 0.6 is 12.4 Å². The molecule has 1 aromatic rings. The van der Waals surface area contributed by atoms with Gasteiger partial charge in [-0.2, -0.15) is 0 Å². The highest BCUT2D eigenvalue weighted by Crippen LogP contribution is 2.09. The van der Waals surface area contributed by atoms with Crippen molar-refractivity contribution in [1.82, 2.24) is 10.2 Å². The zero-order valence-corrected chi connectivity index (χ0v) is 14.3. The molecule has 0 saturated carbocycles. The van der Waals surface area contributed by atoms with E-state index in [1.54, 1.807) is 31.2 Å². The quantitative estimate of drug-likeness (QED) is 0.771. The Balaban J connectivity index is 0.00000441. The minimum atomic E-state index is -0.0875. The molecule has 0 radical (unpaired) electrons. The number of nitrogens with zero attached hydrogens (tertiary/aromatic N) is 1. The molecule has 0 aliphatic carbocycles. The summed E-state index contributed by atoms with van der Waals surface area (Å²) < 4.78 is 0. The standard InChI is InChI=1S/C16H25N3O2.ClH/c1-4-15(20)18-14-9-7-13(8-10-14)16(21)17-11-12-19(5-2)6-3;/h7-10H,4-6,11-12H2,1-3H3,(H,17,21)(H,18,20);1H. The van der Waals surface area contributed by atoms with Crippen molar-refractivity contribution in [2.24, 2.45) is 0 Å². The number of amides is 2. The van der Waals surface area contributed by atoms with Crippen LogP contribution in [0.4, 0.5) is 5.69 Å².